The van der Waals surface area contributed by atoms with Crippen LogP contribution in [0.25, 0.3) is 0 Å². The van der Waals surface area contributed by atoms with Crippen LogP contribution >= 0.6 is 0 Å². The van der Waals surface area contributed by atoms with Crippen LogP contribution in [-0.2, 0) is 16.8 Å². The molecule has 1 aliphatic rings. The normalized spacial score (nSPS) is 17.8. The zero-order chi connectivity index (χ0) is 10.2. The number of carbonyl (C=O) groups is 1. The molecule has 1 fully saturated rings. The Balaban J connectivity index is 2.29. The Morgan fingerprint density at radius 2 is 1.86 bits per heavy atom. The topological polar surface area (TPSA) is 69.1 Å². The molecule has 0 bridgehead atoms. The summed E-state index contributed by atoms with van der Waals surface area (Å²) in [5.41, 5.74) is 12.6. The number of nitrogens with two attached hydrogens (primary N) is 2. The van der Waals surface area contributed by atoms with Crippen molar-refractivity contribution in [1.29, 1.82) is 0 Å². The molecular weight excluding hydrogens is 176 g/mol. The number of amides is 1. The van der Waals surface area contributed by atoms with E-state index >= 15 is 0 Å². The summed E-state index contributed by atoms with van der Waals surface area (Å²) in [5, 5.41) is 0. The third-order valence-electron chi connectivity index (χ3n) is 2.96. The number of hydrogen-bond donors (Lipinski definition) is 2. The lowest BCUT2D eigenvalue weighted by atomic mass is 9.94. The van der Waals surface area contributed by atoms with E-state index in [0.29, 0.717) is 6.54 Å². The largest absolute Gasteiger partial charge is 0.369 e. The van der Waals surface area contributed by atoms with E-state index in [-0.39, 0.29) is 11.3 Å². The standard InChI is InChI=1S/C11H14N2O/c12-7-8-1-3-9(4-2-8)11(5-6-11)10(13)14/h1-4H,5-7,12H2,(H2,13,14). The van der Waals surface area contributed by atoms with Gasteiger partial charge in [-0.25, -0.2) is 0 Å². The molecule has 0 aromatic heterocycles. The fourth-order valence-electron chi connectivity index (χ4n) is 1.76. The molecule has 0 aliphatic heterocycles. The van der Waals surface area contributed by atoms with E-state index in [0.717, 1.165) is 24.0 Å². The molecule has 0 saturated heterocycles. The molecule has 1 amide bonds. The zero-order valence-corrected chi connectivity index (χ0v) is 7.99. The lowest BCUT2D eigenvalue weighted by Gasteiger charge is -2.11. The Hall–Kier alpha value is -1.35. The van der Waals surface area contributed by atoms with Crippen molar-refractivity contribution >= 4 is 5.91 Å². The number of primary amides is 1. The third kappa shape index (κ3) is 1.30. The fraction of sp³-hybridized carbons (Fsp3) is 0.364. The molecule has 0 atom stereocenters. The Kier molecular flexibility index (Phi) is 2.04. The summed E-state index contributed by atoms with van der Waals surface area (Å²) in [7, 11) is 0. The quantitative estimate of drug-likeness (QED) is 0.735. The summed E-state index contributed by atoms with van der Waals surface area (Å²) in [6.07, 6.45) is 1.76. The van der Waals surface area contributed by atoms with Crippen molar-refractivity contribution in [1.82, 2.24) is 0 Å². The second kappa shape index (κ2) is 3.10. The number of carbonyl (C=O) groups excluding carboxylic acids is 1. The highest BCUT2D eigenvalue weighted by molar-refractivity contribution is 5.89. The lowest BCUT2D eigenvalue weighted by Crippen LogP contribution is -2.28. The summed E-state index contributed by atoms with van der Waals surface area (Å²) >= 11 is 0. The van der Waals surface area contributed by atoms with Gasteiger partial charge in [-0.2, -0.15) is 0 Å². The number of benzene rings is 1. The van der Waals surface area contributed by atoms with Gasteiger partial charge in [-0.15, -0.1) is 0 Å². The van der Waals surface area contributed by atoms with Gasteiger partial charge in [-0.1, -0.05) is 24.3 Å². The maximum atomic E-state index is 11.2. The predicted octanol–water partition coefficient (Wildman–Crippen LogP) is 0.662. The van der Waals surface area contributed by atoms with Gasteiger partial charge in [0.05, 0.1) is 5.41 Å². The minimum absolute atomic E-state index is 0.210. The SMILES string of the molecule is NCc1ccc(C2(C(N)=O)CC2)cc1. The van der Waals surface area contributed by atoms with Gasteiger partial charge in [0.15, 0.2) is 0 Å². The Morgan fingerprint density at radius 1 is 1.29 bits per heavy atom. The van der Waals surface area contributed by atoms with Gasteiger partial charge in [0, 0.05) is 6.54 Å². The first kappa shape index (κ1) is 9.21. The van der Waals surface area contributed by atoms with E-state index in [1.807, 2.05) is 24.3 Å². The average molecular weight is 190 g/mol. The van der Waals surface area contributed by atoms with Crippen LogP contribution in [0.3, 0.4) is 0 Å². The van der Waals surface area contributed by atoms with Crippen LogP contribution in [-0.4, -0.2) is 5.91 Å². The predicted molar refractivity (Wildman–Crippen MR) is 54.4 cm³/mol. The molecule has 74 valence electrons. The lowest BCUT2D eigenvalue weighted by molar-refractivity contribution is -0.120. The Morgan fingerprint density at radius 3 is 2.21 bits per heavy atom. The maximum Gasteiger partial charge on any atom is 0.228 e. The summed E-state index contributed by atoms with van der Waals surface area (Å²) in [5.74, 6) is -0.210. The van der Waals surface area contributed by atoms with Gasteiger partial charge in [-0.05, 0) is 24.0 Å². The first-order chi connectivity index (χ1) is 6.69. The van der Waals surface area contributed by atoms with Gasteiger partial charge < -0.3 is 11.5 Å². The second-order valence-electron chi connectivity index (χ2n) is 3.85. The van der Waals surface area contributed by atoms with Gasteiger partial charge in [0.1, 0.15) is 0 Å². The minimum Gasteiger partial charge on any atom is -0.369 e. The second-order valence-corrected chi connectivity index (χ2v) is 3.85. The van der Waals surface area contributed by atoms with Crippen LogP contribution < -0.4 is 11.5 Å². The van der Waals surface area contributed by atoms with Crippen LogP contribution in [0.2, 0.25) is 0 Å². The third-order valence-corrected chi connectivity index (χ3v) is 2.96. The van der Waals surface area contributed by atoms with E-state index in [1.165, 1.54) is 0 Å². The van der Waals surface area contributed by atoms with Crippen molar-refractivity contribution in [3.05, 3.63) is 35.4 Å². The molecule has 3 nitrogen and oxygen atoms in total. The summed E-state index contributed by atoms with van der Waals surface area (Å²) in [6, 6.07) is 7.83. The molecule has 2 rings (SSSR count). The van der Waals surface area contributed by atoms with Crippen LogP contribution in [0, 0.1) is 0 Å². The van der Waals surface area contributed by atoms with E-state index in [1.54, 1.807) is 0 Å². The monoisotopic (exact) mass is 190 g/mol. The van der Waals surface area contributed by atoms with Crippen LogP contribution in [0.5, 0.6) is 0 Å². The minimum atomic E-state index is -0.368. The van der Waals surface area contributed by atoms with Gasteiger partial charge >= 0.3 is 0 Å². The molecule has 0 radical (unpaired) electrons. The molecule has 0 unspecified atom stereocenters. The van der Waals surface area contributed by atoms with Crippen molar-refractivity contribution in [3.8, 4) is 0 Å². The van der Waals surface area contributed by atoms with E-state index in [9.17, 15) is 4.79 Å². The first-order valence-electron chi connectivity index (χ1n) is 4.78. The smallest absolute Gasteiger partial charge is 0.228 e. The molecule has 1 saturated carbocycles. The molecule has 1 aromatic carbocycles. The molecule has 4 N–H and O–H groups in total. The van der Waals surface area contributed by atoms with Gasteiger partial charge in [0.2, 0.25) is 5.91 Å². The Bertz CT molecular complexity index is 352. The average Bonchev–Trinajstić information content (AvgIpc) is 2.99. The first-order valence-corrected chi connectivity index (χ1v) is 4.78. The molecule has 0 heterocycles. The molecule has 3 heteroatoms. The van der Waals surface area contributed by atoms with Crippen molar-refractivity contribution in [3.63, 3.8) is 0 Å². The highest BCUT2D eigenvalue weighted by Gasteiger charge is 2.49. The van der Waals surface area contributed by atoms with Crippen molar-refractivity contribution in [2.24, 2.45) is 11.5 Å². The molecular formula is C11H14N2O. The number of hydrogen-bond acceptors (Lipinski definition) is 2. The van der Waals surface area contributed by atoms with Gasteiger partial charge in [-0.3, -0.25) is 4.79 Å². The fourth-order valence-corrected chi connectivity index (χ4v) is 1.76. The number of rotatable bonds is 3. The maximum absolute atomic E-state index is 11.2. The van der Waals surface area contributed by atoms with Crippen LogP contribution in [0.15, 0.2) is 24.3 Å². The summed E-state index contributed by atoms with van der Waals surface area (Å²) in [6.45, 7) is 0.532. The zero-order valence-electron chi connectivity index (χ0n) is 7.99. The van der Waals surface area contributed by atoms with E-state index in [2.05, 4.69) is 0 Å². The highest BCUT2D eigenvalue weighted by atomic mass is 16.1. The highest BCUT2D eigenvalue weighted by Crippen LogP contribution is 2.47. The van der Waals surface area contributed by atoms with Crippen LogP contribution in [0.1, 0.15) is 24.0 Å². The van der Waals surface area contributed by atoms with Crippen molar-refractivity contribution in [2.75, 3.05) is 0 Å². The van der Waals surface area contributed by atoms with Gasteiger partial charge in [0.25, 0.3) is 0 Å². The molecule has 14 heavy (non-hydrogen) atoms. The van der Waals surface area contributed by atoms with Crippen molar-refractivity contribution < 1.29 is 4.79 Å². The molecule has 1 aliphatic carbocycles. The van der Waals surface area contributed by atoms with Crippen LogP contribution in [0.4, 0.5) is 0 Å². The molecule has 1 aromatic rings. The summed E-state index contributed by atoms with van der Waals surface area (Å²) < 4.78 is 0. The van der Waals surface area contributed by atoms with E-state index in [4.69, 9.17) is 11.5 Å². The summed E-state index contributed by atoms with van der Waals surface area (Å²) in [4.78, 5) is 11.2. The van der Waals surface area contributed by atoms with E-state index < -0.39 is 0 Å². The Labute approximate surface area is 83.1 Å². The van der Waals surface area contributed by atoms with Crippen molar-refractivity contribution in [2.45, 2.75) is 24.8 Å². The molecule has 0 spiro atoms.